The van der Waals surface area contributed by atoms with Gasteiger partial charge in [0.2, 0.25) is 0 Å². The van der Waals surface area contributed by atoms with Crippen LogP contribution in [0.2, 0.25) is 0 Å². The molecule has 0 radical (unpaired) electrons. The van der Waals surface area contributed by atoms with Gasteiger partial charge in [-0.05, 0) is 13.3 Å². The molecule has 0 aromatic carbocycles. The van der Waals surface area contributed by atoms with Crippen LogP contribution in [-0.2, 0) is 11.2 Å². The fourth-order valence-electron chi connectivity index (χ4n) is 1.62. The number of thiazole rings is 1. The Hall–Kier alpha value is -0.620. The van der Waals surface area contributed by atoms with Gasteiger partial charge in [0.15, 0.2) is 5.96 Å². The first kappa shape index (κ1) is 22.4. The van der Waals surface area contributed by atoms with E-state index in [9.17, 15) is 13.2 Å². The molecule has 0 unspecified atom stereocenters. The standard InChI is InChI=1S/C13H21F3N4OS.HI/c1-10-20-11(8-22-10)4-6-19-12(17-2)18-5-3-7-21-9-13(14,15)16;/h8H,3-7,9H2,1-2H3,(H2,17,18,19);1H. The Bertz CT molecular complexity index is 468. The SMILES string of the molecule is CN=C(NCCCOCC(F)(F)F)NCCc1csc(C)n1.I. The van der Waals surface area contributed by atoms with Crippen molar-refractivity contribution in [2.45, 2.75) is 25.9 Å². The number of halogens is 4. The number of hydrogen-bond acceptors (Lipinski definition) is 4. The second-order valence-corrected chi connectivity index (χ2v) is 5.62. The minimum atomic E-state index is -4.26. The van der Waals surface area contributed by atoms with Crippen LogP contribution in [0.5, 0.6) is 0 Å². The predicted octanol–water partition coefficient (Wildman–Crippen LogP) is 2.75. The summed E-state index contributed by atoms with van der Waals surface area (Å²) in [4.78, 5) is 8.40. The topological polar surface area (TPSA) is 58.5 Å². The predicted molar refractivity (Wildman–Crippen MR) is 96.8 cm³/mol. The first-order valence-electron chi connectivity index (χ1n) is 6.91. The maximum atomic E-state index is 11.9. The Balaban J connectivity index is 0.00000484. The highest BCUT2D eigenvalue weighted by atomic mass is 127. The zero-order chi connectivity index (χ0) is 16.4. The van der Waals surface area contributed by atoms with Crippen molar-refractivity contribution in [3.63, 3.8) is 0 Å². The van der Waals surface area contributed by atoms with Crippen molar-refractivity contribution in [1.29, 1.82) is 0 Å². The minimum absolute atomic E-state index is 0. The summed E-state index contributed by atoms with van der Waals surface area (Å²) in [7, 11) is 1.64. The van der Waals surface area contributed by atoms with Crippen LogP contribution in [0.3, 0.4) is 0 Å². The lowest BCUT2D eigenvalue weighted by molar-refractivity contribution is -0.173. The van der Waals surface area contributed by atoms with Crippen molar-refractivity contribution in [2.75, 3.05) is 33.4 Å². The van der Waals surface area contributed by atoms with Crippen LogP contribution in [0.4, 0.5) is 13.2 Å². The van der Waals surface area contributed by atoms with Gasteiger partial charge >= 0.3 is 6.18 Å². The molecule has 1 aromatic rings. The molecule has 0 aliphatic carbocycles. The van der Waals surface area contributed by atoms with Crippen molar-refractivity contribution in [3.05, 3.63) is 16.1 Å². The summed E-state index contributed by atoms with van der Waals surface area (Å²) in [5, 5.41) is 9.20. The van der Waals surface area contributed by atoms with Crippen LogP contribution in [-0.4, -0.2) is 50.5 Å². The Labute approximate surface area is 155 Å². The molecule has 0 atom stereocenters. The van der Waals surface area contributed by atoms with Crippen LogP contribution in [0.1, 0.15) is 17.1 Å². The van der Waals surface area contributed by atoms with E-state index in [4.69, 9.17) is 0 Å². The molecule has 134 valence electrons. The Morgan fingerprint density at radius 3 is 2.61 bits per heavy atom. The molecule has 0 amide bonds. The molecule has 0 aliphatic rings. The van der Waals surface area contributed by atoms with Crippen LogP contribution < -0.4 is 10.6 Å². The van der Waals surface area contributed by atoms with Gasteiger partial charge in [-0.3, -0.25) is 4.99 Å². The molecule has 5 nitrogen and oxygen atoms in total. The molecule has 0 fully saturated rings. The largest absolute Gasteiger partial charge is 0.411 e. The summed E-state index contributed by atoms with van der Waals surface area (Å²) in [6.07, 6.45) is -3.00. The normalized spacial score (nSPS) is 12.0. The van der Waals surface area contributed by atoms with Crippen LogP contribution in [0.15, 0.2) is 10.4 Å². The van der Waals surface area contributed by atoms with Crippen molar-refractivity contribution >= 4 is 41.3 Å². The third-order valence-electron chi connectivity index (χ3n) is 2.59. The number of aryl methyl sites for hydroxylation is 1. The first-order chi connectivity index (χ1) is 10.4. The molecule has 0 aliphatic heterocycles. The minimum Gasteiger partial charge on any atom is -0.372 e. The molecule has 0 bridgehead atoms. The number of rotatable bonds is 8. The molecule has 1 rings (SSSR count). The molecule has 23 heavy (non-hydrogen) atoms. The van der Waals surface area contributed by atoms with Gasteiger partial charge in [0.25, 0.3) is 0 Å². The summed E-state index contributed by atoms with van der Waals surface area (Å²) in [6, 6.07) is 0. The van der Waals surface area contributed by atoms with Crippen molar-refractivity contribution in [1.82, 2.24) is 15.6 Å². The van der Waals surface area contributed by atoms with E-state index in [1.165, 1.54) is 0 Å². The van der Waals surface area contributed by atoms with E-state index in [1.807, 2.05) is 12.3 Å². The smallest absolute Gasteiger partial charge is 0.372 e. The number of aromatic nitrogens is 1. The lowest BCUT2D eigenvalue weighted by Crippen LogP contribution is -2.39. The number of hydrogen-bond donors (Lipinski definition) is 2. The summed E-state index contributed by atoms with van der Waals surface area (Å²) in [5.41, 5.74) is 1.03. The van der Waals surface area contributed by atoms with E-state index < -0.39 is 12.8 Å². The van der Waals surface area contributed by atoms with Crippen molar-refractivity contribution < 1.29 is 17.9 Å². The number of alkyl halides is 3. The monoisotopic (exact) mass is 466 g/mol. The van der Waals surface area contributed by atoms with E-state index in [0.29, 0.717) is 25.5 Å². The molecule has 10 heteroatoms. The highest BCUT2D eigenvalue weighted by Crippen LogP contribution is 2.14. The van der Waals surface area contributed by atoms with Gasteiger partial charge in [-0.2, -0.15) is 13.2 Å². The number of ether oxygens (including phenoxy) is 1. The summed E-state index contributed by atoms with van der Waals surface area (Å²) in [5.74, 6) is 0.614. The summed E-state index contributed by atoms with van der Waals surface area (Å²) in [6.45, 7) is 2.00. The zero-order valence-electron chi connectivity index (χ0n) is 13.1. The van der Waals surface area contributed by atoms with Crippen molar-refractivity contribution in [2.24, 2.45) is 4.99 Å². The van der Waals surface area contributed by atoms with E-state index >= 15 is 0 Å². The molecule has 1 heterocycles. The second kappa shape index (κ2) is 11.8. The maximum absolute atomic E-state index is 11.9. The fourth-order valence-corrected chi connectivity index (χ4v) is 2.27. The zero-order valence-corrected chi connectivity index (χ0v) is 16.2. The number of nitrogens with zero attached hydrogens (tertiary/aromatic N) is 2. The first-order valence-corrected chi connectivity index (χ1v) is 7.78. The van der Waals surface area contributed by atoms with Crippen LogP contribution in [0, 0.1) is 6.92 Å². The highest BCUT2D eigenvalue weighted by Gasteiger charge is 2.27. The average Bonchev–Trinajstić information content (AvgIpc) is 2.85. The van der Waals surface area contributed by atoms with Gasteiger partial charge in [0.05, 0.1) is 10.7 Å². The Morgan fingerprint density at radius 2 is 2.04 bits per heavy atom. The third kappa shape index (κ3) is 11.5. The maximum Gasteiger partial charge on any atom is 0.411 e. The van der Waals surface area contributed by atoms with Gasteiger partial charge < -0.3 is 15.4 Å². The molecule has 0 saturated heterocycles. The Kier molecular flexibility index (Phi) is 11.5. The van der Waals surface area contributed by atoms with Crippen LogP contribution in [0.25, 0.3) is 0 Å². The second-order valence-electron chi connectivity index (χ2n) is 4.55. The van der Waals surface area contributed by atoms with Gasteiger partial charge in [-0.15, -0.1) is 35.3 Å². The van der Waals surface area contributed by atoms with Gasteiger partial charge in [-0.25, -0.2) is 4.98 Å². The number of nitrogens with one attached hydrogen (secondary N) is 2. The summed E-state index contributed by atoms with van der Waals surface area (Å²) >= 11 is 1.61. The highest BCUT2D eigenvalue weighted by molar-refractivity contribution is 14.0. The quantitative estimate of drug-likeness (QED) is 0.268. The summed E-state index contributed by atoms with van der Waals surface area (Å²) < 4.78 is 40.1. The van der Waals surface area contributed by atoms with Crippen LogP contribution >= 0.6 is 35.3 Å². The number of guanidine groups is 1. The molecular formula is C13H22F3IN4OS. The van der Waals surface area contributed by atoms with E-state index in [1.54, 1.807) is 18.4 Å². The lowest BCUT2D eigenvalue weighted by Gasteiger charge is -2.12. The van der Waals surface area contributed by atoms with E-state index in [2.05, 4.69) is 25.3 Å². The van der Waals surface area contributed by atoms with E-state index in [-0.39, 0.29) is 30.6 Å². The van der Waals surface area contributed by atoms with Gasteiger partial charge in [0, 0.05) is 38.5 Å². The molecule has 2 N–H and O–H groups in total. The fraction of sp³-hybridized carbons (Fsp3) is 0.692. The molecular weight excluding hydrogens is 444 g/mol. The molecule has 1 aromatic heterocycles. The Morgan fingerprint density at radius 1 is 1.35 bits per heavy atom. The van der Waals surface area contributed by atoms with Gasteiger partial charge in [0.1, 0.15) is 6.61 Å². The van der Waals surface area contributed by atoms with Gasteiger partial charge in [-0.1, -0.05) is 0 Å². The third-order valence-corrected chi connectivity index (χ3v) is 3.41. The molecule has 0 spiro atoms. The average molecular weight is 466 g/mol. The lowest BCUT2D eigenvalue weighted by atomic mass is 10.3. The number of aliphatic imine (C=N–C) groups is 1. The van der Waals surface area contributed by atoms with Crippen molar-refractivity contribution in [3.8, 4) is 0 Å². The molecule has 0 saturated carbocycles. The van der Waals surface area contributed by atoms with E-state index in [0.717, 1.165) is 17.1 Å².